The van der Waals surface area contributed by atoms with Gasteiger partial charge in [-0.05, 0) is 44.8 Å². The summed E-state index contributed by atoms with van der Waals surface area (Å²) in [6.45, 7) is 5.63. The molecule has 2 heterocycles. The van der Waals surface area contributed by atoms with Crippen molar-refractivity contribution < 1.29 is 0 Å². The molecule has 1 atom stereocenters. The second-order valence-corrected chi connectivity index (χ2v) is 5.83. The zero-order valence-electron chi connectivity index (χ0n) is 12.2. The van der Waals surface area contributed by atoms with Crippen molar-refractivity contribution in [1.29, 1.82) is 0 Å². The van der Waals surface area contributed by atoms with Gasteiger partial charge < -0.3 is 9.88 Å². The van der Waals surface area contributed by atoms with E-state index in [9.17, 15) is 0 Å². The molecule has 106 valence electrons. The minimum absolute atomic E-state index is 0.598. The molecule has 1 aliphatic rings. The first-order valence-electron chi connectivity index (χ1n) is 7.59. The Hall–Kier alpha value is -1.61. The first-order chi connectivity index (χ1) is 9.81. The molecule has 0 bridgehead atoms. The van der Waals surface area contributed by atoms with Gasteiger partial charge in [0.1, 0.15) is 5.82 Å². The average Bonchev–Trinajstić information content (AvgIpc) is 3.09. The van der Waals surface area contributed by atoms with Crippen LogP contribution in [0.25, 0.3) is 0 Å². The zero-order chi connectivity index (χ0) is 13.8. The largest absolute Gasteiger partial charge is 0.346 e. The van der Waals surface area contributed by atoms with Gasteiger partial charge in [0.2, 0.25) is 0 Å². The maximum absolute atomic E-state index is 4.48. The quantitative estimate of drug-likeness (QED) is 0.904. The number of imidazole rings is 1. The predicted octanol–water partition coefficient (Wildman–Crippen LogP) is 3.14. The van der Waals surface area contributed by atoms with E-state index < -0.39 is 0 Å². The summed E-state index contributed by atoms with van der Waals surface area (Å²) in [5.41, 5.74) is 2.62. The molecule has 0 aliphatic carbocycles. The fourth-order valence-electron chi connectivity index (χ4n) is 3.05. The molecule has 3 nitrogen and oxygen atoms in total. The van der Waals surface area contributed by atoms with E-state index >= 15 is 0 Å². The number of likely N-dealkylation sites (tertiary alicyclic amines) is 1. The topological polar surface area (TPSA) is 31.9 Å². The molecule has 1 fully saturated rings. The Kier molecular flexibility index (Phi) is 4.16. The summed E-state index contributed by atoms with van der Waals surface area (Å²) in [5, 5.41) is 0. The Balaban J connectivity index is 1.44. The first-order valence-corrected chi connectivity index (χ1v) is 7.59. The van der Waals surface area contributed by atoms with Crippen molar-refractivity contribution in [3.63, 3.8) is 0 Å². The number of nitrogens with one attached hydrogen (secondary N) is 1. The maximum Gasteiger partial charge on any atom is 0.110 e. The number of H-pyrrole nitrogens is 1. The van der Waals surface area contributed by atoms with Gasteiger partial charge in [-0.15, -0.1) is 0 Å². The number of aromatic nitrogens is 2. The molecule has 1 unspecified atom stereocenters. The van der Waals surface area contributed by atoms with Crippen molar-refractivity contribution in [3.8, 4) is 0 Å². The van der Waals surface area contributed by atoms with E-state index in [1.165, 1.54) is 49.4 Å². The molecular formula is C17H23N3. The second-order valence-electron chi connectivity index (χ2n) is 5.83. The van der Waals surface area contributed by atoms with Crippen LogP contribution in [0.15, 0.2) is 36.5 Å². The summed E-state index contributed by atoms with van der Waals surface area (Å²) in [4.78, 5) is 10.4. The smallest absolute Gasteiger partial charge is 0.110 e. The van der Waals surface area contributed by atoms with Crippen LogP contribution in [0.3, 0.4) is 0 Å². The van der Waals surface area contributed by atoms with Gasteiger partial charge in [-0.3, -0.25) is 0 Å². The number of rotatable bonds is 5. The molecule has 1 aromatic heterocycles. The summed E-state index contributed by atoms with van der Waals surface area (Å²) in [6.07, 6.45) is 5.60. The van der Waals surface area contributed by atoms with Gasteiger partial charge in [-0.25, -0.2) is 4.98 Å². The van der Waals surface area contributed by atoms with E-state index in [-0.39, 0.29) is 0 Å². The van der Waals surface area contributed by atoms with Gasteiger partial charge in [0.15, 0.2) is 0 Å². The highest BCUT2D eigenvalue weighted by Gasteiger charge is 2.25. The van der Waals surface area contributed by atoms with Crippen molar-refractivity contribution >= 4 is 0 Å². The van der Waals surface area contributed by atoms with Crippen LogP contribution in [-0.4, -0.2) is 34.5 Å². The standard InChI is InChI=1S/C17H23N3/c1-14-12-18-17(19-14)16-9-11-20(13-16)10-5-8-15-6-3-2-4-7-15/h2-4,6-7,12,16H,5,8-11,13H2,1H3,(H,18,19). The molecule has 1 N–H and O–H groups in total. The predicted molar refractivity (Wildman–Crippen MR) is 81.9 cm³/mol. The van der Waals surface area contributed by atoms with Crippen molar-refractivity contribution in [3.05, 3.63) is 53.6 Å². The Morgan fingerprint density at radius 2 is 2.15 bits per heavy atom. The van der Waals surface area contributed by atoms with Gasteiger partial charge in [0.05, 0.1) is 0 Å². The maximum atomic E-state index is 4.48. The lowest BCUT2D eigenvalue weighted by Crippen LogP contribution is -2.22. The molecule has 20 heavy (non-hydrogen) atoms. The molecule has 2 aromatic rings. The van der Waals surface area contributed by atoms with Crippen LogP contribution in [0.1, 0.15) is 35.8 Å². The van der Waals surface area contributed by atoms with E-state index in [2.05, 4.69) is 52.1 Å². The lowest BCUT2D eigenvalue weighted by molar-refractivity contribution is 0.328. The van der Waals surface area contributed by atoms with Gasteiger partial charge in [0, 0.05) is 24.4 Å². The Morgan fingerprint density at radius 3 is 2.90 bits per heavy atom. The molecule has 1 aliphatic heterocycles. The monoisotopic (exact) mass is 269 g/mol. The Morgan fingerprint density at radius 1 is 1.30 bits per heavy atom. The van der Waals surface area contributed by atoms with Gasteiger partial charge in [-0.2, -0.15) is 0 Å². The molecule has 0 radical (unpaired) electrons. The third-order valence-corrected chi connectivity index (χ3v) is 4.16. The van der Waals surface area contributed by atoms with Crippen LogP contribution < -0.4 is 0 Å². The molecule has 0 amide bonds. The molecular weight excluding hydrogens is 246 g/mol. The third-order valence-electron chi connectivity index (χ3n) is 4.16. The number of hydrogen-bond donors (Lipinski definition) is 1. The summed E-state index contributed by atoms with van der Waals surface area (Å²) >= 11 is 0. The zero-order valence-corrected chi connectivity index (χ0v) is 12.2. The SMILES string of the molecule is Cc1cnc(C2CCN(CCCc3ccccc3)C2)[nH]1. The van der Waals surface area contributed by atoms with Gasteiger partial charge in [0.25, 0.3) is 0 Å². The van der Waals surface area contributed by atoms with Crippen LogP contribution in [0.2, 0.25) is 0 Å². The summed E-state index contributed by atoms with van der Waals surface area (Å²) < 4.78 is 0. The number of hydrogen-bond acceptors (Lipinski definition) is 2. The summed E-state index contributed by atoms with van der Waals surface area (Å²) in [6, 6.07) is 10.8. The van der Waals surface area contributed by atoms with Crippen LogP contribution in [-0.2, 0) is 6.42 Å². The fourth-order valence-corrected chi connectivity index (χ4v) is 3.05. The van der Waals surface area contributed by atoms with Crippen molar-refractivity contribution in [2.45, 2.75) is 32.1 Å². The van der Waals surface area contributed by atoms with Crippen LogP contribution >= 0.6 is 0 Å². The lowest BCUT2D eigenvalue weighted by atomic mass is 10.1. The Bertz CT molecular complexity index is 532. The average molecular weight is 269 g/mol. The van der Waals surface area contributed by atoms with Crippen LogP contribution in [0.5, 0.6) is 0 Å². The second kappa shape index (κ2) is 6.23. The number of aryl methyl sites for hydroxylation is 2. The van der Waals surface area contributed by atoms with E-state index in [1.54, 1.807) is 0 Å². The van der Waals surface area contributed by atoms with Gasteiger partial charge >= 0.3 is 0 Å². The minimum Gasteiger partial charge on any atom is -0.346 e. The molecule has 1 aromatic carbocycles. The van der Waals surface area contributed by atoms with E-state index in [1.807, 2.05) is 6.20 Å². The van der Waals surface area contributed by atoms with E-state index in [0.717, 1.165) is 6.54 Å². The highest BCUT2D eigenvalue weighted by Crippen LogP contribution is 2.25. The lowest BCUT2D eigenvalue weighted by Gasteiger charge is -2.15. The molecule has 0 spiro atoms. The minimum atomic E-state index is 0.598. The van der Waals surface area contributed by atoms with Gasteiger partial charge in [-0.1, -0.05) is 30.3 Å². The number of nitrogens with zero attached hydrogens (tertiary/aromatic N) is 2. The van der Waals surface area contributed by atoms with E-state index in [0.29, 0.717) is 5.92 Å². The van der Waals surface area contributed by atoms with Crippen LogP contribution in [0, 0.1) is 6.92 Å². The van der Waals surface area contributed by atoms with Crippen LogP contribution in [0.4, 0.5) is 0 Å². The van der Waals surface area contributed by atoms with E-state index in [4.69, 9.17) is 0 Å². The fraction of sp³-hybridized carbons (Fsp3) is 0.471. The third kappa shape index (κ3) is 3.28. The first kappa shape index (κ1) is 13.4. The molecule has 3 heteroatoms. The normalized spacial score (nSPS) is 19.6. The Labute approximate surface area is 121 Å². The highest BCUT2D eigenvalue weighted by molar-refractivity contribution is 5.14. The highest BCUT2D eigenvalue weighted by atomic mass is 15.1. The molecule has 0 saturated carbocycles. The molecule has 3 rings (SSSR count). The molecule has 1 saturated heterocycles. The van der Waals surface area contributed by atoms with Crippen molar-refractivity contribution in [1.82, 2.24) is 14.9 Å². The number of benzene rings is 1. The summed E-state index contributed by atoms with van der Waals surface area (Å²) in [7, 11) is 0. The number of aromatic amines is 1. The van der Waals surface area contributed by atoms with Crippen molar-refractivity contribution in [2.24, 2.45) is 0 Å². The van der Waals surface area contributed by atoms with Crippen molar-refractivity contribution in [2.75, 3.05) is 19.6 Å². The summed E-state index contributed by atoms with van der Waals surface area (Å²) in [5.74, 6) is 1.77.